The van der Waals surface area contributed by atoms with E-state index in [4.69, 9.17) is 0 Å². The van der Waals surface area contributed by atoms with Crippen molar-refractivity contribution in [3.8, 4) is 0 Å². The Bertz CT molecular complexity index is 2630. The first-order valence-electron chi connectivity index (χ1n) is 16.0. The third-order valence-corrected chi connectivity index (χ3v) is 10.0. The fourth-order valence-corrected chi connectivity index (χ4v) is 7.65. The maximum atomic E-state index is 16.4. The van der Waals surface area contributed by atoms with Gasteiger partial charge in [0.15, 0.2) is 0 Å². The summed E-state index contributed by atoms with van der Waals surface area (Å²) in [6.07, 6.45) is -4.60. The molecule has 6 nitrogen and oxygen atoms in total. The smallest absolute Gasteiger partial charge is 0.270 e. The van der Waals surface area contributed by atoms with Crippen molar-refractivity contribution in [2.75, 3.05) is 0 Å². The van der Waals surface area contributed by atoms with Crippen molar-refractivity contribution in [3.05, 3.63) is 141 Å². The number of fused-ring (bicyclic) bond motifs is 2. The van der Waals surface area contributed by atoms with Crippen molar-refractivity contribution >= 4 is 66.7 Å². The van der Waals surface area contributed by atoms with Crippen molar-refractivity contribution < 1.29 is 45.5 Å². The van der Waals surface area contributed by atoms with Crippen LogP contribution in [0.1, 0.15) is 63.7 Å². The van der Waals surface area contributed by atoms with Gasteiger partial charge in [-0.25, -0.2) is 13.2 Å². The molecule has 0 radical (unpaired) electrons. The van der Waals surface area contributed by atoms with Gasteiger partial charge in [0, 0.05) is 38.1 Å². The van der Waals surface area contributed by atoms with Crippen molar-refractivity contribution in [2.45, 2.75) is 25.9 Å². The van der Waals surface area contributed by atoms with Gasteiger partial charge < -0.3 is 0 Å². The van der Waals surface area contributed by atoms with E-state index in [9.17, 15) is 36.7 Å². The molecule has 0 fully saturated rings. The van der Waals surface area contributed by atoms with Crippen LogP contribution in [0, 0.1) is 11.6 Å². The molecule has 0 aliphatic carbocycles. The summed E-state index contributed by atoms with van der Waals surface area (Å²) < 4.78 is 85.2. The molecule has 2 aliphatic rings. The highest BCUT2D eigenvalue weighted by Gasteiger charge is 2.39. The first-order chi connectivity index (χ1) is 24.9. The summed E-state index contributed by atoms with van der Waals surface area (Å²) in [7, 11) is 0. The lowest BCUT2D eigenvalue weighted by atomic mass is 9.81. The number of imide groups is 2. The molecule has 256 valence electrons. The van der Waals surface area contributed by atoms with Gasteiger partial charge in [0.05, 0.1) is 29.8 Å². The second kappa shape index (κ2) is 10.8. The maximum absolute atomic E-state index is 16.4. The van der Waals surface area contributed by atoms with E-state index in [-0.39, 0.29) is 77.5 Å². The Labute approximate surface area is 288 Å². The number of carbonyl (C=O) groups is 4. The monoisotopic (exact) mass is 706 g/mol. The normalized spacial score (nSPS) is 14.7. The Hall–Kier alpha value is -6.30. The molecule has 7 aromatic rings. The van der Waals surface area contributed by atoms with Gasteiger partial charge in [0.2, 0.25) is 0 Å². The largest absolute Gasteiger partial charge is 0.416 e. The van der Waals surface area contributed by atoms with Crippen LogP contribution < -0.4 is 0 Å². The van der Waals surface area contributed by atoms with Crippen LogP contribution >= 0.6 is 0 Å². The van der Waals surface area contributed by atoms with Crippen LogP contribution in [0.2, 0.25) is 0 Å². The molecule has 2 heterocycles. The predicted octanol–water partition coefficient (Wildman–Crippen LogP) is 9.10. The number of alkyl halides is 4. The summed E-state index contributed by atoms with van der Waals surface area (Å²) in [6.45, 7) is -1.21. The fraction of sp³-hybridized carbons (Fsp3) is 0.100. The Balaban J connectivity index is 1.21. The van der Waals surface area contributed by atoms with E-state index in [1.54, 1.807) is 24.3 Å². The Morgan fingerprint density at radius 2 is 0.865 bits per heavy atom. The van der Waals surface area contributed by atoms with E-state index in [0.29, 0.717) is 11.1 Å². The molecular weight excluding hydrogens is 686 g/mol. The van der Waals surface area contributed by atoms with Crippen LogP contribution in [0.25, 0.3) is 43.1 Å². The van der Waals surface area contributed by atoms with Gasteiger partial charge in [0.25, 0.3) is 23.6 Å². The number of nitrogens with zero attached hydrogens (tertiary/aromatic N) is 2. The highest BCUT2D eigenvalue weighted by Crippen LogP contribution is 2.48. The van der Waals surface area contributed by atoms with Gasteiger partial charge in [-0.3, -0.25) is 29.0 Å². The van der Waals surface area contributed by atoms with Crippen molar-refractivity contribution in [1.29, 1.82) is 0 Å². The number of benzene rings is 7. The third-order valence-electron chi connectivity index (χ3n) is 10.0. The quantitative estimate of drug-likeness (QED) is 0.0775. The summed E-state index contributed by atoms with van der Waals surface area (Å²) in [5, 5.41) is 0.691. The number of hydrogen-bond donors (Lipinski definition) is 0. The molecule has 4 amide bonds. The van der Waals surface area contributed by atoms with Crippen molar-refractivity contribution in [2.24, 2.45) is 0 Å². The number of rotatable bonds is 5. The molecule has 0 spiro atoms. The molecular formula is C40H20F6N2O4. The second-order valence-corrected chi connectivity index (χ2v) is 12.9. The molecule has 0 saturated carbocycles. The molecule has 0 bridgehead atoms. The highest BCUT2D eigenvalue weighted by molar-refractivity contribution is 6.41. The minimum Gasteiger partial charge on any atom is -0.270 e. The second-order valence-electron chi connectivity index (χ2n) is 12.9. The highest BCUT2D eigenvalue weighted by atomic mass is 19.4. The van der Waals surface area contributed by atoms with Crippen LogP contribution in [0.5, 0.6) is 0 Å². The first kappa shape index (κ1) is 31.7. The summed E-state index contributed by atoms with van der Waals surface area (Å²) in [6, 6.07) is 18.0. The van der Waals surface area contributed by atoms with Gasteiger partial charge in [0.1, 0.15) is 18.3 Å². The van der Waals surface area contributed by atoms with Crippen LogP contribution in [0.4, 0.5) is 26.3 Å². The van der Waals surface area contributed by atoms with E-state index in [1.807, 2.05) is 0 Å². The average molecular weight is 707 g/mol. The molecule has 12 heteroatoms. The third kappa shape index (κ3) is 4.33. The molecule has 0 aromatic heterocycles. The zero-order chi connectivity index (χ0) is 36.4. The Morgan fingerprint density at radius 3 is 1.31 bits per heavy atom. The maximum Gasteiger partial charge on any atom is 0.416 e. The standard InChI is InChI=1S/C40H20F6N2O4/c41-15-18-1-3-19(4-2-18)16-47-36(49)24-11-9-22-30-23(10-12-25(31(24)30)37(47)50)34-29(43)14-27-32-26(13-28(42)33(22)35(32)34)38(51)48(39(27)52)17-20-5-7-21(8-6-20)40(44,45)46/h1-14H,15-17H2. The van der Waals surface area contributed by atoms with E-state index in [2.05, 4.69) is 0 Å². The predicted molar refractivity (Wildman–Crippen MR) is 179 cm³/mol. The lowest BCUT2D eigenvalue weighted by molar-refractivity contribution is -0.137. The number of hydrogen-bond acceptors (Lipinski definition) is 4. The van der Waals surface area contributed by atoms with Gasteiger partial charge in [-0.05, 0) is 69.2 Å². The van der Waals surface area contributed by atoms with E-state index >= 15 is 8.78 Å². The van der Waals surface area contributed by atoms with E-state index in [0.717, 1.165) is 46.2 Å². The van der Waals surface area contributed by atoms with Gasteiger partial charge in [-0.2, -0.15) is 13.2 Å². The fourth-order valence-electron chi connectivity index (χ4n) is 7.65. The summed E-state index contributed by atoms with van der Waals surface area (Å²) >= 11 is 0. The topological polar surface area (TPSA) is 74.8 Å². The summed E-state index contributed by atoms with van der Waals surface area (Å²) in [5.74, 6) is -4.92. The molecule has 0 saturated heterocycles. The minimum atomic E-state index is -4.60. The molecule has 0 unspecified atom stereocenters. The molecule has 0 atom stereocenters. The van der Waals surface area contributed by atoms with Crippen molar-refractivity contribution in [3.63, 3.8) is 0 Å². The number of halogens is 6. The molecule has 7 aromatic carbocycles. The first-order valence-corrected chi connectivity index (χ1v) is 16.0. The van der Waals surface area contributed by atoms with Gasteiger partial charge >= 0.3 is 6.18 Å². The zero-order valence-corrected chi connectivity index (χ0v) is 26.5. The van der Waals surface area contributed by atoms with Crippen molar-refractivity contribution in [1.82, 2.24) is 9.80 Å². The van der Waals surface area contributed by atoms with Crippen LogP contribution in [-0.2, 0) is 25.9 Å². The van der Waals surface area contributed by atoms with Crippen LogP contribution in [-0.4, -0.2) is 33.4 Å². The van der Waals surface area contributed by atoms with E-state index in [1.165, 1.54) is 24.3 Å². The van der Waals surface area contributed by atoms with Gasteiger partial charge in [-0.15, -0.1) is 0 Å². The Morgan fingerprint density at radius 1 is 0.462 bits per heavy atom. The lowest BCUT2D eigenvalue weighted by Crippen LogP contribution is -2.40. The van der Waals surface area contributed by atoms with E-state index < -0.39 is 60.2 Å². The summed E-state index contributed by atoms with van der Waals surface area (Å²) in [5.41, 5.74) is 0.110. The lowest BCUT2D eigenvalue weighted by Gasteiger charge is -2.30. The number of amides is 4. The summed E-state index contributed by atoms with van der Waals surface area (Å²) in [4.78, 5) is 57.1. The number of carbonyl (C=O) groups excluding carboxylic acids is 4. The van der Waals surface area contributed by atoms with Crippen LogP contribution in [0.15, 0.2) is 84.9 Å². The molecule has 52 heavy (non-hydrogen) atoms. The SMILES string of the molecule is O=C1c2ccc3c4c(F)cc5c6c(cc(F)c(c7ccc(c2c37)C(=O)N1Cc1ccc(CF)cc1)c64)C(=O)N(Cc1ccc(C(F)(F)F)cc1)C5=O. The minimum absolute atomic E-state index is 0.0163. The van der Waals surface area contributed by atoms with Crippen LogP contribution in [0.3, 0.4) is 0 Å². The molecule has 0 N–H and O–H groups in total. The Kier molecular flexibility index (Phi) is 6.61. The average Bonchev–Trinajstić information content (AvgIpc) is 3.13. The zero-order valence-electron chi connectivity index (χ0n) is 26.5. The molecule has 2 aliphatic heterocycles. The van der Waals surface area contributed by atoms with Gasteiger partial charge in [-0.1, -0.05) is 48.5 Å². The molecule has 9 rings (SSSR count).